The lowest BCUT2D eigenvalue weighted by Gasteiger charge is -2.06. The van der Waals surface area contributed by atoms with Crippen LogP contribution in [-0.2, 0) is 0 Å². The first-order valence-corrected chi connectivity index (χ1v) is 3.41. The van der Waals surface area contributed by atoms with Gasteiger partial charge in [0.2, 0.25) is 0 Å². The molecule has 0 amide bonds. The maximum absolute atomic E-state index is 12.6. The molecule has 0 aliphatic heterocycles. The third-order valence-electron chi connectivity index (χ3n) is 1.29. The molecule has 0 saturated heterocycles. The Labute approximate surface area is 65.6 Å². The number of alkyl halides is 1. The Morgan fingerprint density at radius 2 is 2.00 bits per heavy atom. The Hall–Kier alpha value is -1.31. The molecule has 0 heterocycles. The van der Waals surface area contributed by atoms with Gasteiger partial charge in [-0.15, -0.1) is 0 Å². The fourth-order valence-electron chi connectivity index (χ4n) is 0.753. The second-order valence-corrected chi connectivity index (χ2v) is 2.15. The van der Waals surface area contributed by atoms with Crippen molar-refractivity contribution in [2.45, 2.75) is 6.30 Å². The molecule has 58 valence electrons. The maximum Gasteiger partial charge on any atom is 0.188 e. The molecule has 1 N–H and O–H groups in total. The smallest absolute Gasteiger partial charge is 0.188 e. The van der Waals surface area contributed by atoms with Gasteiger partial charge in [-0.3, -0.25) is 0 Å². The summed E-state index contributed by atoms with van der Waals surface area (Å²) in [5.41, 5.74) is 0.764. The van der Waals surface area contributed by atoms with Crippen LogP contribution in [0.25, 0.3) is 0 Å². The van der Waals surface area contributed by atoms with Crippen LogP contribution in [0.3, 0.4) is 0 Å². The van der Waals surface area contributed by atoms with E-state index < -0.39 is 6.30 Å². The summed E-state index contributed by atoms with van der Waals surface area (Å²) in [5, 5.41) is 2.61. The van der Waals surface area contributed by atoms with Gasteiger partial charge in [0.25, 0.3) is 0 Å². The van der Waals surface area contributed by atoms with Gasteiger partial charge in [0.15, 0.2) is 6.30 Å². The molecule has 0 aliphatic carbocycles. The van der Waals surface area contributed by atoms with E-state index >= 15 is 0 Å². The van der Waals surface area contributed by atoms with Gasteiger partial charge in [-0.25, -0.2) is 4.39 Å². The molecule has 0 spiro atoms. The lowest BCUT2D eigenvalue weighted by Crippen LogP contribution is -2.08. The molecule has 0 aromatic heterocycles. The summed E-state index contributed by atoms with van der Waals surface area (Å²) in [6.07, 6.45) is 0.0462. The van der Waals surface area contributed by atoms with E-state index in [9.17, 15) is 4.39 Å². The summed E-state index contributed by atoms with van der Waals surface area (Å²) >= 11 is 0. The normalized spacial score (nSPS) is 12.1. The van der Waals surface area contributed by atoms with E-state index in [0.29, 0.717) is 0 Å². The van der Waals surface area contributed by atoms with Crippen molar-refractivity contribution in [3.63, 3.8) is 0 Å². The van der Waals surface area contributed by atoms with Crippen LogP contribution in [0.15, 0.2) is 43.0 Å². The summed E-state index contributed by atoms with van der Waals surface area (Å²) in [6.45, 7) is 3.32. The molecule has 0 bridgehead atoms. The Balaban J connectivity index is 2.57. The van der Waals surface area contributed by atoms with Crippen molar-refractivity contribution >= 4 is 5.69 Å². The number of rotatable bonds is 3. The number of hydrogen-bond donors (Lipinski definition) is 1. The Bertz CT molecular complexity index is 220. The molecular formula is C9H10FN. The topological polar surface area (TPSA) is 12.0 Å². The number of nitrogens with one attached hydrogen (secondary N) is 1. The summed E-state index contributed by atoms with van der Waals surface area (Å²) in [5.74, 6) is 0. The maximum atomic E-state index is 12.6. The highest BCUT2D eigenvalue weighted by molar-refractivity contribution is 5.43. The van der Waals surface area contributed by atoms with Crippen molar-refractivity contribution < 1.29 is 4.39 Å². The number of anilines is 1. The lowest BCUT2D eigenvalue weighted by atomic mass is 10.3. The SMILES string of the molecule is C=CC(F)Nc1ccccc1. The molecule has 1 nitrogen and oxygen atoms in total. The van der Waals surface area contributed by atoms with Crippen molar-refractivity contribution in [2.24, 2.45) is 0 Å². The monoisotopic (exact) mass is 151 g/mol. The molecule has 11 heavy (non-hydrogen) atoms. The van der Waals surface area contributed by atoms with Crippen LogP contribution < -0.4 is 5.32 Å². The van der Waals surface area contributed by atoms with E-state index in [1.807, 2.05) is 18.2 Å². The van der Waals surface area contributed by atoms with Crippen LogP contribution in [0, 0.1) is 0 Å². The molecular weight excluding hydrogens is 141 g/mol. The molecule has 1 unspecified atom stereocenters. The minimum atomic E-state index is -1.17. The molecule has 0 fully saturated rings. The van der Waals surface area contributed by atoms with Gasteiger partial charge < -0.3 is 5.32 Å². The fourth-order valence-corrected chi connectivity index (χ4v) is 0.753. The summed E-state index contributed by atoms with van der Waals surface area (Å²) in [7, 11) is 0. The van der Waals surface area contributed by atoms with Crippen LogP contribution in [0.1, 0.15) is 0 Å². The summed E-state index contributed by atoms with van der Waals surface area (Å²) < 4.78 is 12.6. The second kappa shape index (κ2) is 3.76. The number of para-hydroxylation sites is 1. The van der Waals surface area contributed by atoms with Crippen molar-refractivity contribution in [2.75, 3.05) is 5.32 Å². The molecule has 0 radical (unpaired) electrons. The van der Waals surface area contributed by atoms with Gasteiger partial charge in [0.1, 0.15) is 0 Å². The van der Waals surface area contributed by atoms with Gasteiger partial charge in [0.05, 0.1) is 0 Å². The van der Waals surface area contributed by atoms with E-state index in [0.717, 1.165) is 5.69 Å². The lowest BCUT2D eigenvalue weighted by molar-refractivity contribution is 0.442. The third-order valence-corrected chi connectivity index (χ3v) is 1.29. The number of hydrogen-bond acceptors (Lipinski definition) is 1. The van der Waals surface area contributed by atoms with E-state index in [1.54, 1.807) is 12.1 Å². The number of benzene rings is 1. The fraction of sp³-hybridized carbons (Fsp3) is 0.111. The molecule has 0 aliphatic rings. The molecule has 1 aromatic carbocycles. The first-order valence-electron chi connectivity index (χ1n) is 3.41. The van der Waals surface area contributed by atoms with Crippen LogP contribution in [-0.4, -0.2) is 6.30 Å². The zero-order valence-corrected chi connectivity index (χ0v) is 6.13. The van der Waals surface area contributed by atoms with Gasteiger partial charge in [-0.2, -0.15) is 0 Å². The van der Waals surface area contributed by atoms with Crippen LogP contribution in [0.4, 0.5) is 10.1 Å². The Morgan fingerprint density at radius 1 is 1.36 bits per heavy atom. The predicted molar refractivity (Wildman–Crippen MR) is 45.2 cm³/mol. The zero-order valence-electron chi connectivity index (χ0n) is 6.13. The zero-order chi connectivity index (χ0) is 8.10. The van der Waals surface area contributed by atoms with Crippen molar-refractivity contribution in [3.8, 4) is 0 Å². The second-order valence-electron chi connectivity index (χ2n) is 2.15. The average Bonchev–Trinajstić information content (AvgIpc) is 2.06. The van der Waals surface area contributed by atoms with Crippen molar-refractivity contribution in [1.82, 2.24) is 0 Å². The minimum absolute atomic E-state index is 0.764. The number of halogens is 1. The highest BCUT2D eigenvalue weighted by Crippen LogP contribution is 2.07. The minimum Gasteiger partial charge on any atom is -0.353 e. The largest absolute Gasteiger partial charge is 0.353 e. The van der Waals surface area contributed by atoms with Crippen LogP contribution >= 0.6 is 0 Å². The van der Waals surface area contributed by atoms with Gasteiger partial charge in [-0.05, 0) is 18.2 Å². The highest BCUT2D eigenvalue weighted by atomic mass is 19.1. The molecule has 0 saturated carbocycles. The first kappa shape index (κ1) is 7.79. The first-order chi connectivity index (χ1) is 5.33. The van der Waals surface area contributed by atoms with E-state index in [-0.39, 0.29) is 0 Å². The van der Waals surface area contributed by atoms with Gasteiger partial charge >= 0.3 is 0 Å². The predicted octanol–water partition coefficient (Wildman–Crippen LogP) is 2.58. The van der Waals surface area contributed by atoms with Crippen LogP contribution in [0.2, 0.25) is 0 Å². The average molecular weight is 151 g/mol. The van der Waals surface area contributed by atoms with E-state index in [1.165, 1.54) is 6.08 Å². The Kier molecular flexibility index (Phi) is 2.66. The highest BCUT2D eigenvalue weighted by Gasteiger charge is 1.96. The summed E-state index contributed by atoms with van der Waals surface area (Å²) in [6, 6.07) is 9.18. The van der Waals surface area contributed by atoms with Crippen molar-refractivity contribution in [1.29, 1.82) is 0 Å². The molecule has 1 rings (SSSR count). The third kappa shape index (κ3) is 2.42. The van der Waals surface area contributed by atoms with Crippen LogP contribution in [0.5, 0.6) is 0 Å². The van der Waals surface area contributed by atoms with E-state index in [2.05, 4.69) is 11.9 Å². The molecule has 1 aromatic rings. The van der Waals surface area contributed by atoms with E-state index in [4.69, 9.17) is 0 Å². The van der Waals surface area contributed by atoms with Gasteiger partial charge in [-0.1, -0.05) is 24.8 Å². The quantitative estimate of drug-likeness (QED) is 0.517. The summed E-state index contributed by atoms with van der Waals surface area (Å²) in [4.78, 5) is 0. The van der Waals surface area contributed by atoms with Gasteiger partial charge in [0, 0.05) is 5.69 Å². The molecule has 1 atom stereocenters. The standard InChI is InChI=1S/C9H10FN/c1-2-9(10)11-8-6-4-3-5-7-8/h2-7,9,11H,1H2. The van der Waals surface area contributed by atoms with Crippen molar-refractivity contribution in [3.05, 3.63) is 43.0 Å². The Morgan fingerprint density at radius 3 is 2.55 bits per heavy atom. The molecule has 2 heteroatoms.